The zero-order valence-corrected chi connectivity index (χ0v) is 18.5. The maximum Gasteiger partial charge on any atom is 0.408 e. The second-order valence-electron chi connectivity index (χ2n) is 8.47. The molecule has 1 heterocycles. The summed E-state index contributed by atoms with van der Waals surface area (Å²) in [7, 11) is 0. The summed E-state index contributed by atoms with van der Waals surface area (Å²) < 4.78 is 10.7. The highest BCUT2D eigenvalue weighted by atomic mass is 16.6. The fourth-order valence-corrected chi connectivity index (χ4v) is 3.51. The molecule has 168 valence electrons. The van der Waals surface area contributed by atoms with E-state index in [9.17, 15) is 14.4 Å². The van der Waals surface area contributed by atoms with E-state index in [-0.39, 0.29) is 12.6 Å². The molecule has 0 radical (unpaired) electrons. The third-order valence-corrected chi connectivity index (χ3v) is 4.87. The zero-order valence-electron chi connectivity index (χ0n) is 18.5. The predicted molar refractivity (Wildman–Crippen MR) is 118 cm³/mol. The van der Waals surface area contributed by atoms with Crippen molar-refractivity contribution in [3.63, 3.8) is 0 Å². The molecule has 1 aliphatic heterocycles. The van der Waals surface area contributed by atoms with E-state index in [0.29, 0.717) is 19.3 Å². The Hall–Kier alpha value is -3.09. The number of hydrogen-bond acceptors (Lipinski definition) is 5. The summed E-state index contributed by atoms with van der Waals surface area (Å²) >= 11 is 0. The highest BCUT2D eigenvalue weighted by Gasteiger charge is 2.43. The van der Waals surface area contributed by atoms with E-state index in [1.54, 1.807) is 26.8 Å². The SMILES string of the molecule is C=CCC1CC[C@@H](C(=O)OCc2ccccc2)N1C(=O)[C@H](C=C)NC(=O)OC(C)(C)C. The van der Waals surface area contributed by atoms with Gasteiger partial charge in [0.05, 0.1) is 0 Å². The van der Waals surface area contributed by atoms with Crippen molar-refractivity contribution in [1.29, 1.82) is 0 Å². The number of benzene rings is 1. The van der Waals surface area contributed by atoms with Crippen LogP contribution in [-0.4, -0.2) is 46.6 Å². The number of alkyl carbamates (subject to hydrolysis) is 1. The van der Waals surface area contributed by atoms with Crippen LogP contribution in [0, 0.1) is 0 Å². The molecule has 1 aromatic carbocycles. The first-order valence-electron chi connectivity index (χ1n) is 10.4. The summed E-state index contributed by atoms with van der Waals surface area (Å²) in [6.07, 6.45) is 3.97. The molecule has 1 aliphatic rings. The van der Waals surface area contributed by atoms with Crippen LogP contribution in [0.2, 0.25) is 0 Å². The molecule has 2 rings (SSSR count). The molecule has 1 aromatic rings. The van der Waals surface area contributed by atoms with E-state index < -0.39 is 35.7 Å². The Labute approximate surface area is 184 Å². The molecule has 1 saturated heterocycles. The molecular formula is C24H32N2O5. The quantitative estimate of drug-likeness (QED) is 0.504. The van der Waals surface area contributed by atoms with E-state index in [1.807, 2.05) is 30.3 Å². The van der Waals surface area contributed by atoms with Crippen LogP contribution in [0.1, 0.15) is 45.6 Å². The first-order chi connectivity index (χ1) is 14.7. The number of carbonyl (C=O) groups is 3. The third-order valence-electron chi connectivity index (χ3n) is 4.87. The van der Waals surface area contributed by atoms with Crippen molar-refractivity contribution in [2.45, 2.75) is 70.4 Å². The summed E-state index contributed by atoms with van der Waals surface area (Å²) in [6.45, 7) is 12.7. The minimum atomic E-state index is -1.02. The van der Waals surface area contributed by atoms with Gasteiger partial charge in [-0.1, -0.05) is 42.5 Å². The van der Waals surface area contributed by atoms with Gasteiger partial charge in [0.1, 0.15) is 24.3 Å². The van der Waals surface area contributed by atoms with Crippen molar-refractivity contribution < 1.29 is 23.9 Å². The van der Waals surface area contributed by atoms with Gasteiger partial charge in [0.25, 0.3) is 0 Å². The maximum absolute atomic E-state index is 13.3. The van der Waals surface area contributed by atoms with Gasteiger partial charge in [-0.3, -0.25) is 4.79 Å². The Morgan fingerprint density at radius 2 is 1.87 bits per heavy atom. The van der Waals surface area contributed by atoms with Gasteiger partial charge in [-0.15, -0.1) is 13.2 Å². The monoisotopic (exact) mass is 428 g/mol. The summed E-state index contributed by atoms with van der Waals surface area (Å²) in [5.41, 5.74) is 0.159. The van der Waals surface area contributed by atoms with Gasteiger partial charge >= 0.3 is 12.1 Å². The number of nitrogens with one attached hydrogen (secondary N) is 1. The number of rotatable bonds is 8. The zero-order chi connectivity index (χ0) is 23.0. The number of carbonyl (C=O) groups excluding carboxylic acids is 3. The molecule has 0 bridgehead atoms. The van der Waals surface area contributed by atoms with Crippen LogP contribution in [0.4, 0.5) is 4.79 Å². The largest absolute Gasteiger partial charge is 0.459 e. The van der Waals surface area contributed by atoms with Gasteiger partial charge < -0.3 is 19.7 Å². The van der Waals surface area contributed by atoms with Gasteiger partial charge in [0.2, 0.25) is 5.91 Å². The highest BCUT2D eigenvalue weighted by molar-refractivity contribution is 5.91. The molecule has 0 spiro atoms. The van der Waals surface area contributed by atoms with E-state index in [2.05, 4.69) is 18.5 Å². The Morgan fingerprint density at radius 1 is 1.19 bits per heavy atom. The molecule has 1 N–H and O–H groups in total. The van der Waals surface area contributed by atoms with E-state index in [1.165, 1.54) is 11.0 Å². The third kappa shape index (κ3) is 6.98. The van der Waals surface area contributed by atoms with E-state index >= 15 is 0 Å². The summed E-state index contributed by atoms with van der Waals surface area (Å²) in [4.78, 5) is 39.8. The smallest absolute Gasteiger partial charge is 0.408 e. The van der Waals surface area contributed by atoms with E-state index in [0.717, 1.165) is 5.56 Å². The van der Waals surface area contributed by atoms with Crippen LogP contribution in [0.3, 0.4) is 0 Å². The van der Waals surface area contributed by atoms with Crippen molar-refractivity contribution >= 4 is 18.0 Å². The first kappa shape index (κ1) is 24.2. The fraction of sp³-hybridized carbons (Fsp3) is 0.458. The maximum atomic E-state index is 13.3. The second kappa shape index (κ2) is 10.8. The van der Waals surface area contributed by atoms with Crippen LogP contribution < -0.4 is 5.32 Å². The van der Waals surface area contributed by atoms with Gasteiger partial charge in [-0.25, -0.2) is 9.59 Å². The Bertz CT molecular complexity index is 800. The molecule has 0 aliphatic carbocycles. The number of nitrogens with zero attached hydrogens (tertiary/aromatic N) is 1. The average molecular weight is 429 g/mol. The molecule has 31 heavy (non-hydrogen) atoms. The first-order valence-corrected chi connectivity index (χ1v) is 10.4. The number of hydrogen-bond donors (Lipinski definition) is 1. The van der Waals surface area contributed by atoms with Crippen LogP contribution >= 0.6 is 0 Å². The Kier molecular flexibility index (Phi) is 8.42. The Morgan fingerprint density at radius 3 is 2.45 bits per heavy atom. The Balaban J connectivity index is 2.13. The fourth-order valence-electron chi connectivity index (χ4n) is 3.51. The molecular weight excluding hydrogens is 396 g/mol. The summed E-state index contributed by atoms with van der Waals surface area (Å²) in [5, 5.41) is 2.53. The summed E-state index contributed by atoms with van der Waals surface area (Å²) in [6, 6.07) is 7.39. The lowest BCUT2D eigenvalue weighted by Gasteiger charge is -2.32. The lowest BCUT2D eigenvalue weighted by Crippen LogP contribution is -2.54. The van der Waals surface area contributed by atoms with Crippen molar-refractivity contribution in [3.8, 4) is 0 Å². The number of likely N-dealkylation sites (tertiary alicyclic amines) is 1. The molecule has 1 fully saturated rings. The molecule has 0 aromatic heterocycles. The standard InChI is InChI=1S/C24H32N2O5/c1-6-11-18-14-15-20(22(28)30-16-17-12-9-8-10-13-17)26(18)21(27)19(7-2)25-23(29)31-24(3,4)5/h6-10,12-13,18-20H,1-2,11,14-16H2,3-5H3,(H,25,29)/t18?,19-,20-/m0/s1. The number of esters is 1. The van der Waals surface area contributed by atoms with Gasteiger partial charge in [-0.05, 0) is 45.6 Å². The molecule has 3 atom stereocenters. The number of ether oxygens (including phenoxy) is 2. The summed E-state index contributed by atoms with van der Waals surface area (Å²) in [5.74, 6) is -0.893. The molecule has 1 unspecified atom stereocenters. The van der Waals surface area contributed by atoms with Crippen LogP contribution in [-0.2, 0) is 25.7 Å². The van der Waals surface area contributed by atoms with Gasteiger partial charge in [0.15, 0.2) is 0 Å². The van der Waals surface area contributed by atoms with Gasteiger partial charge in [-0.2, -0.15) is 0 Å². The van der Waals surface area contributed by atoms with Crippen LogP contribution in [0.15, 0.2) is 55.6 Å². The normalized spacial score (nSPS) is 19.3. The van der Waals surface area contributed by atoms with Crippen LogP contribution in [0.25, 0.3) is 0 Å². The minimum Gasteiger partial charge on any atom is -0.459 e. The number of amides is 2. The van der Waals surface area contributed by atoms with E-state index in [4.69, 9.17) is 9.47 Å². The van der Waals surface area contributed by atoms with Crippen molar-refractivity contribution in [2.24, 2.45) is 0 Å². The topological polar surface area (TPSA) is 84.9 Å². The lowest BCUT2D eigenvalue weighted by molar-refractivity contribution is -0.156. The second-order valence-corrected chi connectivity index (χ2v) is 8.47. The van der Waals surface area contributed by atoms with Crippen LogP contribution in [0.5, 0.6) is 0 Å². The average Bonchev–Trinajstić information content (AvgIpc) is 3.13. The molecule has 7 heteroatoms. The van der Waals surface area contributed by atoms with Gasteiger partial charge in [0, 0.05) is 6.04 Å². The minimum absolute atomic E-state index is 0.130. The molecule has 0 saturated carbocycles. The molecule has 2 amide bonds. The molecule has 7 nitrogen and oxygen atoms in total. The van der Waals surface area contributed by atoms with Crippen molar-refractivity contribution in [1.82, 2.24) is 10.2 Å². The van der Waals surface area contributed by atoms with Crippen molar-refractivity contribution in [3.05, 3.63) is 61.2 Å². The predicted octanol–water partition coefficient (Wildman–Crippen LogP) is 3.74. The van der Waals surface area contributed by atoms with Crippen molar-refractivity contribution in [2.75, 3.05) is 0 Å². The lowest BCUT2D eigenvalue weighted by atomic mass is 10.1. The highest BCUT2D eigenvalue weighted by Crippen LogP contribution is 2.29.